The second-order valence-corrected chi connectivity index (χ2v) is 9.99. The Morgan fingerprint density at radius 2 is 1.74 bits per heavy atom. The van der Waals surface area contributed by atoms with Crippen LogP contribution in [0, 0.1) is 12.8 Å². The van der Waals surface area contributed by atoms with Gasteiger partial charge < -0.3 is 15.0 Å². The molecule has 0 radical (unpaired) electrons. The standard InChI is InChI=1S/C29H38N2O3/c1-23-9-8-10-25(21-23)29(16-6-3-7-17-29)22-30-28(33)24-13-18-31(19-14-24)27(32)15-20-34-26-11-4-2-5-12-26/h2,4-5,8-12,21,24H,3,6-7,13-20,22H2,1H3,(H,30,33). The lowest BCUT2D eigenvalue weighted by Crippen LogP contribution is -2.47. The van der Waals surface area contributed by atoms with Gasteiger partial charge in [0.2, 0.25) is 11.8 Å². The molecule has 2 aromatic carbocycles. The zero-order valence-electron chi connectivity index (χ0n) is 20.4. The van der Waals surface area contributed by atoms with Crippen molar-refractivity contribution in [2.24, 2.45) is 5.92 Å². The fourth-order valence-electron chi connectivity index (χ4n) is 5.49. The van der Waals surface area contributed by atoms with Gasteiger partial charge in [-0.1, -0.05) is 67.3 Å². The maximum absolute atomic E-state index is 13.1. The van der Waals surface area contributed by atoms with Crippen molar-refractivity contribution in [3.8, 4) is 5.75 Å². The summed E-state index contributed by atoms with van der Waals surface area (Å²) in [5.74, 6) is 1.03. The summed E-state index contributed by atoms with van der Waals surface area (Å²) in [7, 11) is 0. The van der Waals surface area contributed by atoms with E-state index in [-0.39, 0.29) is 23.1 Å². The minimum Gasteiger partial charge on any atom is -0.493 e. The average Bonchev–Trinajstić information content (AvgIpc) is 2.88. The normalized spacial score (nSPS) is 18.3. The average molecular weight is 463 g/mol. The van der Waals surface area contributed by atoms with Gasteiger partial charge in [0.15, 0.2) is 0 Å². The first kappa shape index (κ1) is 24.3. The molecule has 2 aromatic rings. The van der Waals surface area contributed by atoms with Crippen LogP contribution in [0.4, 0.5) is 0 Å². The summed E-state index contributed by atoms with van der Waals surface area (Å²) in [4.78, 5) is 27.5. The Balaban J connectivity index is 1.24. The van der Waals surface area contributed by atoms with Crippen LogP contribution in [-0.4, -0.2) is 43.0 Å². The zero-order valence-corrected chi connectivity index (χ0v) is 20.4. The predicted octanol–water partition coefficient (Wildman–Crippen LogP) is 5.02. The number of para-hydroxylation sites is 1. The van der Waals surface area contributed by atoms with Gasteiger partial charge in [-0.05, 0) is 50.3 Å². The molecule has 4 rings (SSSR count). The first-order valence-electron chi connectivity index (χ1n) is 12.9. The number of rotatable bonds is 8. The van der Waals surface area contributed by atoms with Crippen LogP contribution in [0.1, 0.15) is 62.5 Å². The zero-order chi connectivity index (χ0) is 23.8. The Morgan fingerprint density at radius 1 is 1.00 bits per heavy atom. The van der Waals surface area contributed by atoms with Gasteiger partial charge >= 0.3 is 0 Å². The van der Waals surface area contributed by atoms with Crippen LogP contribution in [-0.2, 0) is 15.0 Å². The lowest BCUT2D eigenvalue weighted by atomic mass is 9.69. The molecule has 5 heteroatoms. The highest BCUT2D eigenvalue weighted by molar-refractivity contribution is 5.80. The van der Waals surface area contributed by atoms with E-state index in [4.69, 9.17) is 4.74 Å². The lowest BCUT2D eigenvalue weighted by molar-refractivity contribution is -0.136. The van der Waals surface area contributed by atoms with E-state index in [1.165, 1.54) is 30.4 Å². The molecule has 2 fully saturated rings. The van der Waals surface area contributed by atoms with E-state index < -0.39 is 0 Å². The van der Waals surface area contributed by atoms with E-state index in [9.17, 15) is 9.59 Å². The molecule has 0 atom stereocenters. The summed E-state index contributed by atoms with van der Waals surface area (Å²) in [5, 5.41) is 3.32. The topological polar surface area (TPSA) is 58.6 Å². The number of ether oxygens (including phenoxy) is 1. The van der Waals surface area contributed by atoms with Gasteiger partial charge in [-0.3, -0.25) is 9.59 Å². The van der Waals surface area contributed by atoms with Gasteiger partial charge in [-0.2, -0.15) is 0 Å². The van der Waals surface area contributed by atoms with Crippen LogP contribution >= 0.6 is 0 Å². The molecular weight excluding hydrogens is 424 g/mol. The van der Waals surface area contributed by atoms with Crippen molar-refractivity contribution in [2.45, 2.75) is 63.7 Å². The maximum atomic E-state index is 13.1. The van der Waals surface area contributed by atoms with Gasteiger partial charge in [0, 0.05) is 31.0 Å². The van der Waals surface area contributed by atoms with Crippen LogP contribution in [0.25, 0.3) is 0 Å². The summed E-state index contributed by atoms with van der Waals surface area (Å²) >= 11 is 0. The van der Waals surface area contributed by atoms with Gasteiger partial charge in [-0.25, -0.2) is 0 Å². The van der Waals surface area contributed by atoms with Gasteiger partial charge in [-0.15, -0.1) is 0 Å². The number of piperidine rings is 1. The molecule has 0 unspecified atom stereocenters. The molecule has 0 bridgehead atoms. The number of hydrogen-bond donors (Lipinski definition) is 1. The minimum absolute atomic E-state index is 0.0113. The van der Waals surface area contributed by atoms with Crippen molar-refractivity contribution < 1.29 is 14.3 Å². The Bertz CT molecular complexity index is 945. The SMILES string of the molecule is Cc1cccc(C2(CNC(=O)C3CCN(C(=O)CCOc4ccccc4)CC3)CCCCC2)c1. The summed E-state index contributed by atoms with van der Waals surface area (Å²) in [6.45, 7) is 4.52. The molecule has 0 aromatic heterocycles. The highest BCUT2D eigenvalue weighted by atomic mass is 16.5. The summed E-state index contributed by atoms with van der Waals surface area (Å²) in [6, 6.07) is 18.4. The van der Waals surface area contributed by atoms with E-state index in [0.29, 0.717) is 32.7 Å². The van der Waals surface area contributed by atoms with Crippen molar-refractivity contribution in [2.75, 3.05) is 26.2 Å². The summed E-state index contributed by atoms with van der Waals surface area (Å²) in [5.41, 5.74) is 2.70. The van der Waals surface area contributed by atoms with E-state index in [1.807, 2.05) is 35.2 Å². The number of hydrogen-bond acceptors (Lipinski definition) is 3. The second-order valence-electron chi connectivity index (χ2n) is 9.99. The molecule has 2 amide bonds. The number of aryl methyl sites for hydroxylation is 1. The molecule has 1 saturated heterocycles. The Kier molecular flexibility index (Phi) is 8.25. The quantitative estimate of drug-likeness (QED) is 0.599. The second kappa shape index (κ2) is 11.5. The molecule has 1 aliphatic heterocycles. The molecule has 2 aliphatic rings. The van der Waals surface area contributed by atoms with Crippen LogP contribution in [0.3, 0.4) is 0 Å². The number of nitrogens with zero attached hydrogens (tertiary/aromatic N) is 1. The summed E-state index contributed by atoms with van der Waals surface area (Å²) in [6.07, 6.45) is 7.82. The van der Waals surface area contributed by atoms with Gasteiger partial charge in [0.25, 0.3) is 0 Å². The van der Waals surface area contributed by atoms with Crippen molar-refractivity contribution in [1.29, 1.82) is 0 Å². The minimum atomic E-state index is -0.0113. The molecule has 1 heterocycles. The van der Waals surface area contributed by atoms with E-state index in [1.54, 1.807) is 0 Å². The first-order valence-corrected chi connectivity index (χ1v) is 12.9. The smallest absolute Gasteiger partial charge is 0.225 e. The Labute approximate surface area is 203 Å². The predicted molar refractivity (Wildman–Crippen MR) is 135 cm³/mol. The number of likely N-dealkylation sites (tertiary alicyclic amines) is 1. The van der Waals surface area contributed by atoms with Crippen molar-refractivity contribution in [3.05, 3.63) is 65.7 Å². The number of carbonyl (C=O) groups excluding carboxylic acids is 2. The van der Waals surface area contributed by atoms with Crippen molar-refractivity contribution >= 4 is 11.8 Å². The largest absolute Gasteiger partial charge is 0.493 e. The fourth-order valence-corrected chi connectivity index (χ4v) is 5.49. The molecule has 34 heavy (non-hydrogen) atoms. The molecule has 1 saturated carbocycles. The monoisotopic (exact) mass is 462 g/mol. The van der Waals surface area contributed by atoms with E-state index in [2.05, 4.69) is 36.5 Å². The van der Waals surface area contributed by atoms with Crippen LogP contribution in [0.2, 0.25) is 0 Å². The van der Waals surface area contributed by atoms with E-state index in [0.717, 1.165) is 31.4 Å². The molecule has 0 spiro atoms. The third kappa shape index (κ3) is 6.19. The molecule has 5 nitrogen and oxygen atoms in total. The molecule has 182 valence electrons. The lowest BCUT2D eigenvalue weighted by Gasteiger charge is -2.39. The molecular formula is C29H38N2O3. The third-order valence-electron chi connectivity index (χ3n) is 7.59. The van der Waals surface area contributed by atoms with Crippen molar-refractivity contribution in [1.82, 2.24) is 10.2 Å². The summed E-state index contributed by atoms with van der Waals surface area (Å²) < 4.78 is 5.66. The van der Waals surface area contributed by atoms with Gasteiger partial charge in [0.1, 0.15) is 5.75 Å². The number of nitrogens with one attached hydrogen (secondary N) is 1. The van der Waals surface area contributed by atoms with Crippen LogP contribution in [0.15, 0.2) is 54.6 Å². The number of amides is 2. The number of benzene rings is 2. The molecule has 1 N–H and O–H groups in total. The Morgan fingerprint density at radius 3 is 2.44 bits per heavy atom. The van der Waals surface area contributed by atoms with Crippen molar-refractivity contribution in [3.63, 3.8) is 0 Å². The highest BCUT2D eigenvalue weighted by Crippen LogP contribution is 2.39. The van der Waals surface area contributed by atoms with Crippen LogP contribution in [0.5, 0.6) is 5.75 Å². The maximum Gasteiger partial charge on any atom is 0.225 e. The van der Waals surface area contributed by atoms with Gasteiger partial charge in [0.05, 0.1) is 13.0 Å². The Hall–Kier alpha value is -2.82. The van der Waals surface area contributed by atoms with E-state index >= 15 is 0 Å². The third-order valence-corrected chi connectivity index (χ3v) is 7.59. The van der Waals surface area contributed by atoms with Crippen LogP contribution < -0.4 is 10.1 Å². The first-order chi connectivity index (χ1) is 16.6. The number of carbonyl (C=O) groups is 2. The highest BCUT2D eigenvalue weighted by Gasteiger charge is 2.35. The fraction of sp³-hybridized carbons (Fsp3) is 0.517. The molecule has 1 aliphatic carbocycles.